The highest BCUT2D eigenvalue weighted by Gasteiger charge is 2.24. The Bertz CT molecular complexity index is 3180. The zero-order valence-electron chi connectivity index (χ0n) is 29.9. The average Bonchev–Trinajstić information content (AvgIpc) is 3.89. The summed E-state index contributed by atoms with van der Waals surface area (Å²) in [5.41, 5.74) is 15.0. The molecule has 0 bridgehead atoms. The highest BCUT2D eigenvalue weighted by Crippen LogP contribution is 2.46. The van der Waals surface area contributed by atoms with Gasteiger partial charge in [-0.15, -0.1) is 0 Å². The summed E-state index contributed by atoms with van der Waals surface area (Å²) in [5, 5.41) is 10.5. The van der Waals surface area contributed by atoms with Crippen LogP contribution in [0, 0.1) is 0 Å². The lowest BCUT2D eigenvalue weighted by Crippen LogP contribution is -1.98. The third kappa shape index (κ3) is 4.72. The highest BCUT2D eigenvalue weighted by molar-refractivity contribution is 6.31. The third-order valence-corrected chi connectivity index (χ3v) is 10.8. The van der Waals surface area contributed by atoms with E-state index < -0.39 is 0 Å². The Balaban J connectivity index is 1.19. The van der Waals surface area contributed by atoms with Crippen molar-refractivity contribution in [1.82, 2.24) is 9.55 Å². The lowest BCUT2D eigenvalue weighted by Gasteiger charge is -2.14. The molecule has 1 aliphatic rings. The van der Waals surface area contributed by atoms with Crippen molar-refractivity contribution in [3.05, 3.63) is 163 Å². The molecule has 0 unspecified atom stereocenters. The van der Waals surface area contributed by atoms with E-state index in [0.29, 0.717) is 0 Å². The van der Waals surface area contributed by atoms with Crippen LogP contribution in [0.2, 0.25) is 0 Å². The zero-order chi connectivity index (χ0) is 35.9. The minimum atomic E-state index is 0.890. The predicted molar refractivity (Wildman–Crippen MR) is 225 cm³/mol. The van der Waals surface area contributed by atoms with E-state index in [1.54, 1.807) is 0 Å². The van der Waals surface area contributed by atoms with Crippen LogP contribution in [0.5, 0.6) is 0 Å². The Kier molecular flexibility index (Phi) is 6.68. The van der Waals surface area contributed by atoms with Crippen molar-refractivity contribution in [2.24, 2.45) is 4.99 Å². The number of imidazole rings is 1. The first-order chi connectivity index (χ1) is 26.6. The van der Waals surface area contributed by atoms with Gasteiger partial charge in [-0.25, -0.2) is 4.98 Å². The van der Waals surface area contributed by atoms with E-state index in [9.17, 15) is 0 Å². The highest BCUT2D eigenvalue weighted by atomic mass is 16.3. The lowest BCUT2D eigenvalue weighted by atomic mass is 9.95. The van der Waals surface area contributed by atoms with Crippen LogP contribution in [-0.2, 0) is 6.42 Å². The van der Waals surface area contributed by atoms with Crippen LogP contribution in [0.4, 0.5) is 17.1 Å². The van der Waals surface area contributed by atoms with Crippen molar-refractivity contribution >= 4 is 77.3 Å². The van der Waals surface area contributed by atoms with E-state index in [2.05, 4.69) is 143 Å². The topological polar surface area (TPSA) is 55.4 Å². The van der Waals surface area contributed by atoms with Crippen molar-refractivity contribution in [3.8, 4) is 28.2 Å². The van der Waals surface area contributed by atoms with Crippen LogP contribution in [0.25, 0.3) is 82.7 Å². The van der Waals surface area contributed by atoms with Crippen molar-refractivity contribution in [3.63, 3.8) is 0 Å². The fraction of sp³-hybridized carbons (Fsp3) is 0.0612. The normalized spacial score (nSPS) is 12.2. The van der Waals surface area contributed by atoms with E-state index in [4.69, 9.17) is 14.4 Å². The Morgan fingerprint density at radius 2 is 1.43 bits per heavy atom. The van der Waals surface area contributed by atoms with Gasteiger partial charge in [0.25, 0.3) is 0 Å². The van der Waals surface area contributed by atoms with Gasteiger partial charge < -0.3 is 9.73 Å². The summed E-state index contributed by atoms with van der Waals surface area (Å²) in [4.78, 5) is 9.93. The number of furan rings is 1. The first-order valence-electron chi connectivity index (χ1n) is 18.5. The monoisotopic (exact) mass is 694 g/mol. The molecule has 5 nitrogen and oxygen atoms in total. The fourth-order valence-electron chi connectivity index (χ4n) is 8.48. The van der Waals surface area contributed by atoms with Crippen molar-refractivity contribution in [1.29, 1.82) is 0 Å². The molecule has 54 heavy (non-hydrogen) atoms. The molecule has 8 aromatic carbocycles. The molecule has 10 aromatic rings. The summed E-state index contributed by atoms with van der Waals surface area (Å²) in [7, 11) is 0. The second-order valence-corrected chi connectivity index (χ2v) is 14.5. The summed E-state index contributed by atoms with van der Waals surface area (Å²) < 4.78 is 9.32. The first kappa shape index (κ1) is 30.6. The molecule has 1 N–H and O–H groups in total. The van der Waals surface area contributed by atoms with Gasteiger partial charge >= 0.3 is 0 Å². The molecule has 0 spiro atoms. The van der Waals surface area contributed by atoms with Crippen molar-refractivity contribution in [2.45, 2.75) is 20.3 Å². The van der Waals surface area contributed by atoms with Crippen LogP contribution >= 0.6 is 0 Å². The molecule has 0 fully saturated rings. The number of aliphatic imine (C=N–C) groups is 1. The smallest absolute Gasteiger partial charge is 0.145 e. The molecule has 0 amide bonds. The van der Waals surface area contributed by atoms with Crippen LogP contribution < -0.4 is 5.32 Å². The maximum absolute atomic E-state index is 7.05. The zero-order valence-corrected chi connectivity index (χ0v) is 29.9. The molecule has 5 heteroatoms. The molecule has 2 heterocycles. The standard InChI is InChI=1S/C49H34N4O/c1-29(2)50-42-16-8-9-17-43(42)51-33-20-22-36-37-23-21-34(53-45-19-11-10-18-44(45)52-49(53)30-12-4-3-5-13-30)27-40(37)48-47(39(36)26-33)41-25-32-24-31-14-6-7-15-35(31)38(32)28-46(41)54-48/h3-23,25-28,51H,24H2,1-2H3. The number of fused-ring (bicyclic) bond motifs is 12. The molecular weight excluding hydrogens is 661 g/mol. The van der Waals surface area contributed by atoms with Crippen molar-refractivity contribution < 1.29 is 4.42 Å². The van der Waals surface area contributed by atoms with Crippen LogP contribution in [0.3, 0.4) is 0 Å². The minimum Gasteiger partial charge on any atom is -0.455 e. The van der Waals surface area contributed by atoms with E-state index in [1.165, 1.54) is 27.6 Å². The summed E-state index contributed by atoms with van der Waals surface area (Å²) in [6.45, 7) is 4.05. The molecule has 0 radical (unpaired) electrons. The fourth-order valence-corrected chi connectivity index (χ4v) is 8.48. The van der Waals surface area contributed by atoms with Gasteiger partial charge in [0.15, 0.2) is 0 Å². The van der Waals surface area contributed by atoms with Crippen LogP contribution in [0.15, 0.2) is 161 Å². The molecule has 0 saturated carbocycles. The van der Waals surface area contributed by atoms with Gasteiger partial charge in [0.2, 0.25) is 0 Å². The Morgan fingerprint density at radius 1 is 0.648 bits per heavy atom. The molecule has 2 aromatic heterocycles. The minimum absolute atomic E-state index is 0.890. The van der Waals surface area contributed by atoms with Gasteiger partial charge in [-0.2, -0.15) is 0 Å². The maximum Gasteiger partial charge on any atom is 0.145 e. The summed E-state index contributed by atoms with van der Waals surface area (Å²) >= 11 is 0. The number of hydrogen-bond acceptors (Lipinski definition) is 4. The average molecular weight is 695 g/mol. The molecule has 1 aliphatic carbocycles. The summed E-state index contributed by atoms with van der Waals surface area (Å²) in [6.07, 6.45) is 0.917. The number of hydrogen-bond donors (Lipinski definition) is 1. The molecular formula is C49H34N4O. The molecule has 0 saturated heterocycles. The molecule has 0 aliphatic heterocycles. The third-order valence-electron chi connectivity index (χ3n) is 10.8. The van der Waals surface area contributed by atoms with Gasteiger partial charge in [0, 0.05) is 38.8 Å². The van der Waals surface area contributed by atoms with E-state index in [1.807, 2.05) is 32.0 Å². The Morgan fingerprint density at radius 3 is 2.33 bits per heavy atom. The van der Waals surface area contributed by atoms with Gasteiger partial charge in [-0.1, -0.05) is 91.0 Å². The van der Waals surface area contributed by atoms with Gasteiger partial charge in [-0.05, 0) is 119 Å². The Hall–Kier alpha value is -6.98. The van der Waals surface area contributed by atoms with Gasteiger partial charge in [-0.3, -0.25) is 9.56 Å². The number of anilines is 2. The number of nitrogens with one attached hydrogen (secondary N) is 1. The largest absolute Gasteiger partial charge is 0.455 e. The number of rotatable bonds is 5. The Labute approximate surface area is 311 Å². The SMILES string of the molecule is CC(C)=Nc1ccccc1Nc1ccc2c3ccc(-n4c(-c5ccccc5)nc5ccccc54)cc3c3oc4cc5c(cc4c3c2c1)Cc1ccccc1-5. The van der Waals surface area contributed by atoms with Gasteiger partial charge in [0.05, 0.1) is 22.4 Å². The van der Waals surface area contributed by atoms with Crippen LogP contribution in [0.1, 0.15) is 25.0 Å². The van der Waals surface area contributed by atoms with Crippen molar-refractivity contribution in [2.75, 3.05) is 5.32 Å². The second-order valence-electron chi connectivity index (χ2n) is 14.5. The first-order valence-corrected chi connectivity index (χ1v) is 18.5. The maximum atomic E-state index is 7.05. The molecule has 256 valence electrons. The van der Waals surface area contributed by atoms with E-state index in [-0.39, 0.29) is 0 Å². The second kappa shape index (κ2) is 11.8. The number of aromatic nitrogens is 2. The van der Waals surface area contributed by atoms with Crippen LogP contribution in [-0.4, -0.2) is 15.3 Å². The lowest BCUT2D eigenvalue weighted by molar-refractivity contribution is 0.673. The quantitative estimate of drug-likeness (QED) is 0.144. The summed E-state index contributed by atoms with van der Waals surface area (Å²) in [5.74, 6) is 0.909. The molecule has 11 rings (SSSR count). The van der Waals surface area contributed by atoms with E-state index >= 15 is 0 Å². The summed E-state index contributed by atoms with van der Waals surface area (Å²) in [6, 6.07) is 53.8. The van der Waals surface area contributed by atoms with Gasteiger partial charge in [0.1, 0.15) is 17.0 Å². The van der Waals surface area contributed by atoms with E-state index in [0.717, 1.165) is 95.4 Å². The number of para-hydroxylation sites is 4. The predicted octanol–water partition coefficient (Wildman–Crippen LogP) is 13.3. The molecule has 0 atom stereocenters. The number of nitrogens with zero attached hydrogens (tertiary/aromatic N) is 3. The number of benzene rings is 8.